The molecule has 3 N–H and O–H groups in total. The zero-order chi connectivity index (χ0) is 26.2. The van der Waals surface area contributed by atoms with Crippen LogP contribution in [0.25, 0.3) is 20.7 Å². The maximum Gasteiger partial charge on any atom is 0.325 e. The van der Waals surface area contributed by atoms with Gasteiger partial charge in [-0.1, -0.05) is 6.92 Å². The predicted octanol–water partition coefficient (Wildman–Crippen LogP) is 4.87. The topological polar surface area (TPSA) is 116 Å². The van der Waals surface area contributed by atoms with Crippen molar-refractivity contribution < 1.29 is 14.4 Å². The van der Waals surface area contributed by atoms with Crippen LogP contribution in [-0.2, 0) is 9.59 Å². The molecular weight excluding hydrogens is 488 g/mol. The van der Waals surface area contributed by atoms with Gasteiger partial charge in [0.1, 0.15) is 5.54 Å². The van der Waals surface area contributed by atoms with Crippen molar-refractivity contribution in [3.8, 4) is 10.6 Å². The molecule has 37 heavy (non-hydrogen) atoms. The minimum Gasteiger partial charge on any atom is -0.352 e. The van der Waals surface area contributed by atoms with Crippen LogP contribution in [0.5, 0.6) is 0 Å². The van der Waals surface area contributed by atoms with Gasteiger partial charge in [-0.15, -0.1) is 11.3 Å². The maximum absolute atomic E-state index is 12.7. The Morgan fingerprint density at radius 2 is 1.95 bits per heavy atom. The monoisotopic (exact) mass is 520 g/mol. The average molecular weight is 521 g/mol. The van der Waals surface area contributed by atoms with E-state index in [0.29, 0.717) is 25.0 Å². The number of carbonyl (C=O) groups excluding carboxylic acids is 3. The van der Waals surface area contributed by atoms with Gasteiger partial charge in [0, 0.05) is 35.6 Å². The number of hydrogen-bond acceptors (Lipinski definition) is 7. The van der Waals surface area contributed by atoms with Crippen molar-refractivity contribution in [2.75, 3.05) is 23.7 Å². The molecule has 2 fully saturated rings. The third kappa shape index (κ3) is 5.29. The third-order valence-corrected chi connectivity index (χ3v) is 8.53. The number of urea groups is 1. The Morgan fingerprint density at radius 1 is 1.16 bits per heavy atom. The highest BCUT2D eigenvalue weighted by Gasteiger charge is 2.45. The number of carbonyl (C=O) groups is 3. The number of thiophene rings is 1. The van der Waals surface area contributed by atoms with Crippen LogP contribution in [0.1, 0.15) is 46.5 Å². The van der Waals surface area contributed by atoms with Gasteiger partial charge < -0.3 is 15.5 Å². The Hall–Kier alpha value is -3.53. The molecule has 1 saturated carbocycles. The molecule has 4 amide bonds. The zero-order valence-electron chi connectivity index (χ0n) is 21.3. The molecule has 2 aromatic heterocycles. The molecule has 5 rings (SSSR count). The van der Waals surface area contributed by atoms with E-state index in [-0.39, 0.29) is 23.8 Å². The summed E-state index contributed by atoms with van der Waals surface area (Å²) in [6, 6.07) is 9.56. The van der Waals surface area contributed by atoms with Gasteiger partial charge in [-0.2, -0.15) is 0 Å². The summed E-state index contributed by atoms with van der Waals surface area (Å²) in [6.07, 6.45) is 5.85. The lowest BCUT2D eigenvalue weighted by Gasteiger charge is -2.27. The Morgan fingerprint density at radius 3 is 2.68 bits per heavy atom. The highest BCUT2D eigenvalue weighted by molar-refractivity contribution is 7.22. The highest BCUT2D eigenvalue weighted by atomic mass is 32.1. The number of nitrogens with zero attached hydrogens (tertiary/aromatic N) is 3. The molecule has 0 bridgehead atoms. The first kappa shape index (κ1) is 25.1. The van der Waals surface area contributed by atoms with Crippen LogP contribution in [0.2, 0.25) is 0 Å². The molecule has 0 radical (unpaired) electrons. The van der Waals surface area contributed by atoms with Gasteiger partial charge in [0.25, 0.3) is 5.91 Å². The van der Waals surface area contributed by atoms with Crippen molar-refractivity contribution in [3.05, 3.63) is 36.5 Å². The fourth-order valence-electron chi connectivity index (χ4n) is 4.95. The summed E-state index contributed by atoms with van der Waals surface area (Å²) in [5, 5.41) is 9.67. The van der Waals surface area contributed by atoms with Crippen molar-refractivity contribution in [3.63, 3.8) is 0 Å². The minimum atomic E-state index is -0.883. The largest absolute Gasteiger partial charge is 0.352 e. The van der Waals surface area contributed by atoms with Crippen LogP contribution in [0.15, 0.2) is 36.5 Å². The van der Waals surface area contributed by atoms with Crippen LogP contribution in [0.4, 0.5) is 16.4 Å². The summed E-state index contributed by atoms with van der Waals surface area (Å²) in [7, 11) is 0. The minimum absolute atomic E-state index is 0.100. The molecule has 3 aromatic rings. The van der Waals surface area contributed by atoms with Crippen molar-refractivity contribution in [1.82, 2.24) is 20.2 Å². The third-order valence-electron chi connectivity index (χ3n) is 7.39. The molecule has 3 heterocycles. The van der Waals surface area contributed by atoms with Gasteiger partial charge in [0.15, 0.2) is 0 Å². The maximum atomic E-state index is 12.7. The van der Waals surface area contributed by atoms with Crippen molar-refractivity contribution in [2.24, 2.45) is 11.8 Å². The van der Waals surface area contributed by atoms with Crippen molar-refractivity contribution in [2.45, 2.75) is 52.0 Å². The molecule has 9 nitrogen and oxygen atoms in total. The van der Waals surface area contributed by atoms with Crippen LogP contribution >= 0.6 is 11.3 Å². The highest BCUT2D eigenvalue weighted by Crippen LogP contribution is 2.35. The van der Waals surface area contributed by atoms with E-state index in [9.17, 15) is 14.4 Å². The lowest BCUT2D eigenvalue weighted by Crippen LogP contribution is -2.46. The van der Waals surface area contributed by atoms with E-state index in [1.54, 1.807) is 31.4 Å². The summed E-state index contributed by atoms with van der Waals surface area (Å²) in [5.41, 5.74) is 0.721. The quantitative estimate of drug-likeness (QED) is 0.383. The van der Waals surface area contributed by atoms with Crippen LogP contribution in [0, 0.1) is 11.8 Å². The fourth-order valence-corrected chi connectivity index (χ4v) is 5.96. The summed E-state index contributed by atoms with van der Waals surface area (Å²) < 4.78 is 1.11. The summed E-state index contributed by atoms with van der Waals surface area (Å²) in [5.74, 6) is 1.09. The summed E-state index contributed by atoms with van der Waals surface area (Å²) >= 11 is 1.63. The first-order valence-electron chi connectivity index (χ1n) is 12.8. The number of aromatic nitrogens is 2. The number of benzene rings is 1. The lowest BCUT2D eigenvalue weighted by molar-refractivity contribution is -0.125. The normalized spacial score (nSPS) is 21.2. The fraction of sp³-hybridized carbons (Fsp3) is 0.444. The molecule has 194 valence electrons. The second-order valence-electron chi connectivity index (χ2n) is 10.5. The second-order valence-corrected chi connectivity index (χ2v) is 11.6. The molecular formula is C27H32N6O3S. The Bertz CT molecular complexity index is 1340. The van der Waals surface area contributed by atoms with E-state index in [1.807, 2.05) is 24.3 Å². The number of anilines is 2. The summed E-state index contributed by atoms with van der Waals surface area (Å²) in [4.78, 5) is 48.2. The second kappa shape index (κ2) is 10.1. The first-order valence-corrected chi connectivity index (χ1v) is 13.6. The zero-order valence-corrected chi connectivity index (χ0v) is 22.2. The lowest BCUT2D eigenvalue weighted by atomic mass is 9.82. The number of hydrogen-bond donors (Lipinski definition) is 3. The molecule has 2 aliphatic rings. The first-order chi connectivity index (χ1) is 17.7. The predicted molar refractivity (Wildman–Crippen MR) is 145 cm³/mol. The molecule has 1 aliphatic carbocycles. The van der Waals surface area contributed by atoms with Gasteiger partial charge in [-0.3, -0.25) is 14.9 Å². The molecule has 1 aliphatic heterocycles. The number of imide groups is 1. The van der Waals surface area contributed by atoms with Crippen molar-refractivity contribution in [1.29, 1.82) is 0 Å². The van der Waals surface area contributed by atoms with E-state index >= 15 is 0 Å². The van der Waals surface area contributed by atoms with E-state index in [0.717, 1.165) is 52.0 Å². The number of fused-ring (bicyclic) bond motifs is 1. The van der Waals surface area contributed by atoms with Crippen LogP contribution in [0.3, 0.4) is 0 Å². The van der Waals surface area contributed by atoms with Crippen LogP contribution in [-0.4, -0.2) is 51.3 Å². The van der Waals surface area contributed by atoms with Crippen molar-refractivity contribution >= 4 is 50.9 Å². The van der Waals surface area contributed by atoms with Gasteiger partial charge in [-0.05, 0) is 81.2 Å². The molecule has 10 heteroatoms. The van der Waals surface area contributed by atoms with E-state index in [2.05, 4.69) is 38.9 Å². The summed E-state index contributed by atoms with van der Waals surface area (Å²) in [6.45, 7) is 6.45. The molecule has 0 spiro atoms. The van der Waals surface area contributed by atoms with E-state index in [4.69, 9.17) is 0 Å². The molecule has 1 aromatic carbocycles. The van der Waals surface area contributed by atoms with Gasteiger partial charge in [-0.25, -0.2) is 14.8 Å². The van der Waals surface area contributed by atoms with E-state index < -0.39 is 5.54 Å². The molecule has 0 atom stereocenters. The molecule has 0 unspecified atom stereocenters. The number of rotatable bonds is 7. The van der Waals surface area contributed by atoms with Crippen LogP contribution < -0.4 is 16.0 Å². The Labute approximate surface area is 220 Å². The average Bonchev–Trinajstić information content (AvgIpc) is 3.38. The Kier molecular flexibility index (Phi) is 6.85. The standard InChI is InChI=1S/C27H32N6O3S/c1-16-4-6-17(7-5-16)23(34)30-19-8-9-21-18(14-19)15-22(37-21)20-10-11-28-25(31-20)29-12-13-33-26(36)32-24(35)27(33,2)3/h8-11,14-17H,4-7,12-13H2,1-3H3,(H,30,34)(H,28,29,31)(H,32,35,36). The molecule has 1 saturated heterocycles. The van der Waals surface area contributed by atoms with Gasteiger partial charge in [0.05, 0.1) is 10.6 Å². The van der Waals surface area contributed by atoms with Gasteiger partial charge >= 0.3 is 6.03 Å². The SMILES string of the molecule is CC1CCC(C(=O)Nc2ccc3sc(-c4ccnc(NCCN5C(=O)NC(=O)C5(C)C)n4)cc3c2)CC1. The number of amides is 4. The van der Waals surface area contributed by atoms with E-state index in [1.165, 1.54) is 4.90 Å². The van der Waals surface area contributed by atoms with Gasteiger partial charge in [0.2, 0.25) is 11.9 Å². The number of nitrogens with one attached hydrogen (secondary N) is 3. The smallest absolute Gasteiger partial charge is 0.325 e. The Balaban J connectivity index is 1.24.